The highest BCUT2D eigenvalue weighted by atomic mass is 16.5. The number of aryl methyl sites for hydroxylation is 2. The smallest absolute Gasteiger partial charge is 0.271 e. The summed E-state index contributed by atoms with van der Waals surface area (Å²) in [5.41, 5.74) is 10.3. The van der Waals surface area contributed by atoms with Crippen LogP contribution in [0.3, 0.4) is 0 Å². The van der Waals surface area contributed by atoms with Gasteiger partial charge in [0.1, 0.15) is 12.4 Å². The van der Waals surface area contributed by atoms with Gasteiger partial charge < -0.3 is 15.6 Å². The molecule has 116 valence electrons. The van der Waals surface area contributed by atoms with Crippen molar-refractivity contribution < 1.29 is 14.4 Å². The van der Waals surface area contributed by atoms with Crippen LogP contribution in [0.1, 0.15) is 19.7 Å². The number of hydrogen-bond acceptors (Lipinski definition) is 5. The van der Waals surface area contributed by atoms with Crippen LogP contribution in [0.2, 0.25) is 0 Å². The zero-order valence-electron chi connectivity index (χ0n) is 12.5. The molecule has 0 amide bonds. The molecule has 0 radical (unpaired) electrons. The van der Waals surface area contributed by atoms with Gasteiger partial charge in [0.15, 0.2) is 17.3 Å². The van der Waals surface area contributed by atoms with Crippen LogP contribution in [-0.2, 0) is 19.6 Å². The SMILES string of the molecule is CCn1c(CN)[n+](CC)c2ccc(OCC(O)NN)cc21. The monoisotopic (exact) mass is 294 g/mol. The zero-order valence-corrected chi connectivity index (χ0v) is 12.5. The molecule has 0 saturated heterocycles. The lowest BCUT2D eigenvalue weighted by atomic mass is 10.3. The molecule has 0 fully saturated rings. The number of nitrogens with one attached hydrogen (secondary N) is 1. The highest BCUT2D eigenvalue weighted by Gasteiger charge is 2.22. The lowest BCUT2D eigenvalue weighted by Crippen LogP contribution is -2.39. The first kappa shape index (κ1) is 15.7. The number of nitrogens with zero attached hydrogens (tertiary/aromatic N) is 2. The van der Waals surface area contributed by atoms with Gasteiger partial charge in [-0.1, -0.05) is 0 Å². The van der Waals surface area contributed by atoms with E-state index in [1.807, 2.05) is 18.2 Å². The molecule has 2 rings (SSSR count). The van der Waals surface area contributed by atoms with E-state index in [1.165, 1.54) is 0 Å². The van der Waals surface area contributed by atoms with Crippen LogP contribution in [0.4, 0.5) is 0 Å². The van der Waals surface area contributed by atoms with Crippen LogP contribution in [-0.4, -0.2) is 22.5 Å². The molecule has 0 aliphatic carbocycles. The van der Waals surface area contributed by atoms with E-state index in [9.17, 15) is 5.11 Å². The first-order chi connectivity index (χ1) is 10.2. The summed E-state index contributed by atoms with van der Waals surface area (Å²) in [6, 6.07) is 5.87. The summed E-state index contributed by atoms with van der Waals surface area (Å²) in [4.78, 5) is 0. The molecule has 1 heterocycles. The number of hydrazine groups is 1. The molecule has 0 aliphatic heterocycles. The number of ether oxygens (including phenoxy) is 1. The van der Waals surface area contributed by atoms with E-state index in [-0.39, 0.29) is 6.61 Å². The third-order valence-electron chi connectivity index (χ3n) is 3.57. The van der Waals surface area contributed by atoms with E-state index in [4.69, 9.17) is 16.3 Å². The fourth-order valence-electron chi connectivity index (χ4n) is 2.61. The first-order valence-corrected chi connectivity index (χ1v) is 7.18. The summed E-state index contributed by atoms with van der Waals surface area (Å²) in [5.74, 6) is 6.91. The lowest BCUT2D eigenvalue weighted by molar-refractivity contribution is -0.676. The number of hydrogen-bond donors (Lipinski definition) is 4. The zero-order chi connectivity index (χ0) is 15.4. The molecule has 6 N–H and O–H groups in total. The van der Waals surface area contributed by atoms with Crippen LogP contribution in [0.25, 0.3) is 11.0 Å². The highest BCUT2D eigenvalue weighted by Crippen LogP contribution is 2.21. The van der Waals surface area contributed by atoms with Crippen molar-refractivity contribution in [2.45, 2.75) is 39.7 Å². The molecular weight excluding hydrogens is 270 g/mol. The maximum Gasteiger partial charge on any atom is 0.271 e. The lowest BCUT2D eigenvalue weighted by Gasteiger charge is -2.10. The third-order valence-corrected chi connectivity index (χ3v) is 3.57. The van der Waals surface area contributed by atoms with Crippen LogP contribution in [0, 0.1) is 0 Å². The van der Waals surface area contributed by atoms with Gasteiger partial charge in [-0.15, -0.1) is 0 Å². The Morgan fingerprint density at radius 3 is 2.76 bits per heavy atom. The van der Waals surface area contributed by atoms with Gasteiger partial charge in [0.05, 0.1) is 19.6 Å². The topological polar surface area (TPSA) is 102 Å². The van der Waals surface area contributed by atoms with Crippen LogP contribution in [0.15, 0.2) is 18.2 Å². The third kappa shape index (κ3) is 3.01. The highest BCUT2D eigenvalue weighted by molar-refractivity contribution is 5.74. The second kappa shape index (κ2) is 6.86. The van der Waals surface area contributed by atoms with Gasteiger partial charge in [0.2, 0.25) is 0 Å². The minimum Gasteiger partial charge on any atom is -0.489 e. The van der Waals surface area contributed by atoms with Crippen LogP contribution in [0.5, 0.6) is 5.75 Å². The molecule has 21 heavy (non-hydrogen) atoms. The molecule has 2 aromatic rings. The fourth-order valence-corrected chi connectivity index (χ4v) is 2.61. The fraction of sp³-hybridized carbons (Fsp3) is 0.500. The van der Waals surface area contributed by atoms with E-state index >= 15 is 0 Å². The summed E-state index contributed by atoms with van der Waals surface area (Å²) >= 11 is 0. The maximum absolute atomic E-state index is 9.37. The Balaban J connectivity index is 2.42. The van der Waals surface area contributed by atoms with E-state index < -0.39 is 6.23 Å². The first-order valence-electron chi connectivity index (χ1n) is 7.18. The van der Waals surface area contributed by atoms with Gasteiger partial charge in [-0.3, -0.25) is 5.84 Å². The number of aliphatic hydroxyl groups is 1. The molecule has 0 spiro atoms. The van der Waals surface area contributed by atoms with Crippen molar-refractivity contribution in [1.82, 2.24) is 9.99 Å². The molecule has 7 nitrogen and oxygen atoms in total. The van der Waals surface area contributed by atoms with E-state index in [2.05, 4.69) is 28.4 Å². The normalized spacial score (nSPS) is 12.8. The number of aromatic nitrogens is 2. The Morgan fingerprint density at radius 2 is 2.19 bits per heavy atom. The van der Waals surface area contributed by atoms with Crippen molar-refractivity contribution >= 4 is 11.0 Å². The van der Waals surface area contributed by atoms with Crippen molar-refractivity contribution in [3.63, 3.8) is 0 Å². The average molecular weight is 294 g/mol. The molecule has 1 aromatic heterocycles. The largest absolute Gasteiger partial charge is 0.489 e. The number of fused-ring (bicyclic) bond motifs is 1. The van der Waals surface area contributed by atoms with E-state index in [0.29, 0.717) is 12.3 Å². The van der Waals surface area contributed by atoms with Crippen molar-refractivity contribution in [2.24, 2.45) is 11.6 Å². The van der Waals surface area contributed by atoms with E-state index in [1.54, 1.807) is 0 Å². The molecule has 7 heteroatoms. The Bertz CT molecular complexity index is 611. The van der Waals surface area contributed by atoms with Gasteiger partial charge in [0.25, 0.3) is 5.82 Å². The summed E-state index contributed by atoms with van der Waals surface area (Å²) in [6.07, 6.45) is -0.890. The van der Waals surface area contributed by atoms with Gasteiger partial charge >= 0.3 is 0 Å². The second-order valence-electron chi connectivity index (χ2n) is 4.75. The summed E-state index contributed by atoms with van der Waals surface area (Å²) in [7, 11) is 0. The molecule has 0 bridgehead atoms. The summed E-state index contributed by atoms with van der Waals surface area (Å²) < 4.78 is 9.93. The number of benzene rings is 1. The number of rotatable bonds is 7. The minimum absolute atomic E-state index is 0.0896. The van der Waals surface area contributed by atoms with Gasteiger partial charge in [-0.25, -0.2) is 14.6 Å². The maximum atomic E-state index is 9.37. The second-order valence-corrected chi connectivity index (χ2v) is 4.75. The van der Waals surface area contributed by atoms with Crippen LogP contribution < -0.4 is 26.3 Å². The Kier molecular flexibility index (Phi) is 5.13. The molecular formula is C14H24N5O2+. The Morgan fingerprint density at radius 1 is 1.43 bits per heavy atom. The Labute approximate surface area is 124 Å². The molecule has 0 saturated carbocycles. The van der Waals surface area contributed by atoms with Gasteiger partial charge in [-0.05, 0) is 26.0 Å². The predicted octanol–water partition coefficient (Wildman–Crippen LogP) is -0.412. The number of aliphatic hydroxyl groups excluding tert-OH is 1. The molecule has 1 aromatic carbocycles. The predicted molar refractivity (Wildman–Crippen MR) is 80.2 cm³/mol. The number of nitrogens with two attached hydrogens (primary N) is 2. The van der Waals surface area contributed by atoms with Crippen molar-refractivity contribution in [3.8, 4) is 5.75 Å². The minimum atomic E-state index is -0.890. The average Bonchev–Trinajstić information content (AvgIpc) is 2.84. The van der Waals surface area contributed by atoms with Crippen molar-refractivity contribution in [2.75, 3.05) is 6.61 Å². The Hall–Kier alpha value is -1.67. The van der Waals surface area contributed by atoms with Crippen molar-refractivity contribution in [1.29, 1.82) is 0 Å². The summed E-state index contributed by atoms with van der Waals surface area (Å²) in [5, 5.41) is 9.37. The quantitative estimate of drug-likeness (QED) is 0.241. The molecule has 0 aliphatic rings. The number of imidazole rings is 1. The van der Waals surface area contributed by atoms with E-state index in [0.717, 1.165) is 29.9 Å². The van der Waals surface area contributed by atoms with Crippen LogP contribution >= 0.6 is 0 Å². The van der Waals surface area contributed by atoms with Crippen molar-refractivity contribution in [3.05, 3.63) is 24.0 Å². The molecule has 1 unspecified atom stereocenters. The summed E-state index contributed by atoms with van der Waals surface area (Å²) in [6.45, 7) is 6.48. The molecule has 1 atom stereocenters. The standard InChI is InChI=1S/C14H24N5O2/c1-3-18-11-6-5-10(21-9-13(20)17-16)7-12(11)19(4-2)14(18)8-15/h5-7,13,17,20H,3-4,8-9,15-16H2,1-2H3/q+1. The van der Waals surface area contributed by atoms with Gasteiger partial charge in [0, 0.05) is 6.07 Å². The van der Waals surface area contributed by atoms with Gasteiger partial charge in [-0.2, -0.15) is 0 Å².